The van der Waals surface area contributed by atoms with E-state index in [1.54, 1.807) is 11.0 Å². The lowest BCUT2D eigenvalue weighted by atomic mass is 10.1. The number of nitrogens with zero attached hydrogens (tertiary/aromatic N) is 2. The fourth-order valence-electron chi connectivity index (χ4n) is 2.09. The summed E-state index contributed by atoms with van der Waals surface area (Å²) < 4.78 is 39.2. The van der Waals surface area contributed by atoms with Crippen molar-refractivity contribution in [3.63, 3.8) is 0 Å². The van der Waals surface area contributed by atoms with E-state index in [1.165, 1.54) is 6.07 Å². The maximum absolute atomic E-state index is 13.1. The van der Waals surface area contributed by atoms with Gasteiger partial charge >= 0.3 is 6.18 Å². The molecule has 0 saturated heterocycles. The van der Waals surface area contributed by atoms with Gasteiger partial charge in [0.1, 0.15) is 0 Å². The van der Waals surface area contributed by atoms with E-state index >= 15 is 0 Å². The lowest BCUT2D eigenvalue weighted by Gasteiger charge is -2.27. The summed E-state index contributed by atoms with van der Waals surface area (Å²) in [6.07, 6.45) is -4.16. The van der Waals surface area contributed by atoms with Crippen LogP contribution in [0.15, 0.2) is 18.2 Å². The molecular weight excluding hydrogens is 301 g/mol. The molecule has 0 aliphatic heterocycles. The predicted octanol–water partition coefficient (Wildman–Crippen LogP) is 4.82. The monoisotopic (exact) mass is 318 g/mol. The second-order valence-electron chi connectivity index (χ2n) is 5.22. The van der Waals surface area contributed by atoms with E-state index in [1.807, 2.05) is 19.9 Å². The van der Waals surface area contributed by atoms with E-state index in [9.17, 15) is 13.2 Å². The van der Waals surface area contributed by atoms with E-state index in [0.717, 1.165) is 6.07 Å². The minimum atomic E-state index is -4.43. The number of hydrogen-bond acceptors (Lipinski definition) is 2. The van der Waals surface area contributed by atoms with Crippen molar-refractivity contribution in [3.8, 4) is 6.07 Å². The summed E-state index contributed by atoms with van der Waals surface area (Å²) in [7, 11) is 0. The molecule has 0 N–H and O–H groups in total. The Morgan fingerprint density at radius 3 is 2.48 bits per heavy atom. The Morgan fingerprint density at radius 2 is 2.00 bits per heavy atom. The number of anilines is 1. The van der Waals surface area contributed by atoms with Crippen LogP contribution in [0, 0.1) is 17.2 Å². The van der Waals surface area contributed by atoms with Crippen molar-refractivity contribution in [2.45, 2.75) is 32.3 Å². The standard InChI is InChI=1S/C15H18ClF3N2/c1-11(2)10-21(7-3-6-20)13-5-4-12(9-16)14(8-13)15(17,18)19/h4-5,8,11H,3,7,9-10H2,1-2H3. The molecule has 0 unspecified atom stereocenters. The van der Waals surface area contributed by atoms with E-state index in [-0.39, 0.29) is 23.8 Å². The molecule has 21 heavy (non-hydrogen) atoms. The number of hydrogen-bond donors (Lipinski definition) is 0. The van der Waals surface area contributed by atoms with Crippen LogP contribution in [0.1, 0.15) is 31.4 Å². The normalized spacial score (nSPS) is 11.5. The molecule has 0 amide bonds. The van der Waals surface area contributed by atoms with Gasteiger partial charge in [0.2, 0.25) is 0 Å². The zero-order valence-electron chi connectivity index (χ0n) is 12.0. The minimum Gasteiger partial charge on any atom is -0.370 e. The van der Waals surface area contributed by atoms with Gasteiger partial charge in [-0.25, -0.2) is 0 Å². The van der Waals surface area contributed by atoms with Crippen molar-refractivity contribution in [2.75, 3.05) is 18.0 Å². The Morgan fingerprint density at radius 1 is 1.33 bits per heavy atom. The smallest absolute Gasteiger partial charge is 0.370 e. The minimum absolute atomic E-state index is 0.0673. The first-order valence-electron chi connectivity index (χ1n) is 6.67. The molecule has 1 aromatic carbocycles. The van der Waals surface area contributed by atoms with Crippen molar-refractivity contribution < 1.29 is 13.2 Å². The van der Waals surface area contributed by atoms with Crippen LogP contribution in [-0.4, -0.2) is 13.1 Å². The Hall–Kier alpha value is -1.41. The largest absolute Gasteiger partial charge is 0.416 e. The number of nitriles is 1. The molecule has 0 aliphatic carbocycles. The zero-order chi connectivity index (χ0) is 16.0. The third kappa shape index (κ3) is 5.13. The molecule has 0 spiro atoms. The average Bonchev–Trinajstić information content (AvgIpc) is 2.41. The molecule has 0 aromatic heterocycles. The van der Waals surface area contributed by atoms with Crippen molar-refractivity contribution in [2.24, 2.45) is 5.92 Å². The van der Waals surface area contributed by atoms with Crippen LogP contribution < -0.4 is 4.90 Å². The third-order valence-electron chi connectivity index (χ3n) is 2.99. The molecule has 6 heteroatoms. The van der Waals surface area contributed by atoms with Gasteiger partial charge in [-0.2, -0.15) is 18.4 Å². The van der Waals surface area contributed by atoms with Gasteiger partial charge < -0.3 is 4.90 Å². The second-order valence-corrected chi connectivity index (χ2v) is 5.49. The van der Waals surface area contributed by atoms with Gasteiger partial charge in [-0.15, -0.1) is 11.6 Å². The van der Waals surface area contributed by atoms with Crippen LogP contribution in [0.4, 0.5) is 18.9 Å². The molecule has 0 atom stereocenters. The molecule has 0 saturated carbocycles. The Kier molecular flexibility index (Phi) is 6.35. The first kappa shape index (κ1) is 17.6. The fourth-order valence-corrected chi connectivity index (χ4v) is 2.33. The van der Waals surface area contributed by atoms with E-state index in [2.05, 4.69) is 0 Å². The highest BCUT2D eigenvalue weighted by Gasteiger charge is 2.33. The second kappa shape index (κ2) is 7.56. The maximum atomic E-state index is 13.1. The molecule has 2 nitrogen and oxygen atoms in total. The number of rotatable bonds is 6. The molecule has 0 fully saturated rings. The van der Waals surface area contributed by atoms with Crippen LogP contribution >= 0.6 is 11.6 Å². The summed E-state index contributed by atoms with van der Waals surface area (Å²) in [5.74, 6) is 0.100. The number of halogens is 4. The molecule has 1 aromatic rings. The van der Waals surface area contributed by atoms with Gasteiger partial charge in [-0.1, -0.05) is 19.9 Å². The lowest BCUT2D eigenvalue weighted by molar-refractivity contribution is -0.138. The molecule has 0 radical (unpaired) electrons. The quantitative estimate of drug-likeness (QED) is 0.703. The van der Waals surface area contributed by atoms with Gasteiger partial charge in [0.15, 0.2) is 0 Å². The summed E-state index contributed by atoms with van der Waals surface area (Å²) >= 11 is 5.58. The van der Waals surface area contributed by atoms with Crippen LogP contribution in [0.25, 0.3) is 0 Å². The zero-order valence-corrected chi connectivity index (χ0v) is 12.8. The van der Waals surface area contributed by atoms with Gasteiger partial charge in [0.25, 0.3) is 0 Å². The molecule has 0 heterocycles. The van der Waals surface area contributed by atoms with E-state index in [4.69, 9.17) is 16.9 Å². The summed E-state index contributed by atoms with van der Waals surface area (Å²) in [5, 5.41) is 8.69. The highest BCUT2D eigenvalue weighted by Crippen LogP contribution is 2.35. The van der Waals surface area contributed by atoms with Crippen molar-refractivity contribution in [1.82, 2.24) is 0 Å². The first-order valence-corrected chi connectivity index (χ1v) is 7.21. The topological polar surface area (TPSA) is 27.0 Å². The Labute approximate surface area is 128 Å². The SMILES string of the molecule is CC(C)CN(CCC#N)c1ccc(CCl)c(C(F)(F)F)c1. The van der Waals surface area contributed by atoms with Gasteiger partial charge in [0.05, 0.1) is 18.1 Å². The van der Waals surface area contributed by atoms with Crippen LogP contribution in [-0.2, 0) is 12.1 Å². The third-order valence-corrected chi connectivity index (χ3v) is 3.27. The van der Waals surface area contributed by atoms with Crippen LogP contribution in [0.3, 0.4) is 0 Å². The van der Waals surface area contributed by atoms with Crippen molar-refractivity contribution >= 4 is 17.3 Å². The maximum Gasteiger partial charge on any atom is 0.416 e. The summed E-state index contributed by atoms with van der Waals surface area (Å²) in [5.41, 5.74) is -0.168. The van der Waals surface area contributed by atoms with E-state index < -0.39 is 11.7 Å². The van der Waals surface area contributed by atoms with Crippen LogP contribution in [0.5, 0.6) is 0 Å². The molecule has 0 bridgehead atoms. The lowest BCUT2D eigenvalue weighted by Crippen LogP contribution is -2.29. The fraction of sp³-hybridized carbons (Fsp3) is 0.533. The average molecular weight is 319 g/mol. The highest BCUT2D eigenvalue weighted by molar-refractivity contribution is 6.17. The number of benzene rings is 1. The van der Waals surface area contributed by atoms with Crippen molar-refractivity contribution in [3.05, 3.63) is 29.3 Å². The van der Waals surface area contributed by atoms with Crippen molar-refractivity contribution in [1.29, 1.82) is 5.26 Å². The Bertz CT molecular complexity index is 507. The Balaban J connectivity index is 3.17. The molecule has 1 rings (SSSR count). The summed E-state index contributed by atoms with van der Waals surface area (Å²) in [6.45, 7) is 4.97. The summed E-state index contributed by atoms with van der Waals surface area (Å²) in [6, 6.07) is 6.19. The molecular formula is C15H18ClF3N2. The van der Waals surface area contributed by atoms with E-state index in [0.29, 0.717) is 18.8 Å². The number of alkyl halides is 4. The van der Waals surface area contributed by atoms with Gasteiger partial charge in [0, 0.05) is 24.7 Å². The first-order chi connectivity index (χ1) is 9.79. The van der Waals surface area contributed by atoms with Crippen LogP contribution in [0.2, 0.25) is 0 Å². The molecule has 0 aliphatic rings. The van der Waals surface area contributed by atoms with Gasteiger partial charge in [-0.05, 0) is 23.6 Å². The summed E-state index contributed by atoms with van der Waals surface area (Å²) in [4.78, 5) is 1.81. The highest BCUT2D eigenvalue weighted by atomic mass is 35.5. The molecule has 116 valence electrons. The van der Waals surface area contributed by atoms with Gasteiger partial charge in [-0.3, -0.25) is 0 Å². The predicted molar refractivity (Wildman–Crippen MR) is 78.3 cm³/mol.